The average Bonchev–Trinajstić information content (AvgIpc) is 3.09. The van der Waals surface area contributed by atoms with Crippen LogP contribution in [0.1, 0.15) is 17.0 Å². The zero-order valence-corrected chi connectivity index (χ0v) is 14.3. The highest BCUT2D eigenvalue weighted by atomic mass is 16.5. The summed E-state index contributed by atoms with van der Waals surface area (Å²) in [5.41, 5.74) is 9.88. The van der Waals surface area contributed by atoms with Crippen LogP contribution in [-0.4, -0.2) is 18.6 Å². The van der Waals surface area contributed by atoms with Gasteiger partial charge in [-0.15, -0.1) is 0 Å². The SMILES string of the molecule is COc1ccc2[nH]cc(C(CN)Cc3cccc4ccccc34)c2c1. The van der Waals surface area contributed by atoms with E-state index in [1.165, 1.54) is 27.3 Å². The number of nitrogens with one attached hydrogen (secondary N) is 1. The van der Waals surface area contributed by atoms with Crippen molar-refractivity contribution in [3.63, 3.8) is 0 Å². The predicted molar refractivity (Wildman–Crippen MR) is 104 cm³/mol. The molecule has 3 aromatic carbocycles. The fourth-order valence-corrected chi connectivity index (χ4v) is 3.64. The molecule has 3 heteroatoms. The summed E-state index contributed by atoms with van der Waals surface area (Å²) in [5, 5.41) is 3.77. The molecule has 0 saturated carbocycles. The third-order valence-corrected chi connectivity index (χ3v) is 4.99. The van der Waals surface area contributed by atoms with Crippen LogP contribution in [-0.2, 0) is 6.42 Å². The van der Waals surface area contributed by atoms with Crippen molar-refractivity contribution in [3.05, 3.63) is 78.0 Å². The van der Waals surface area contributed by atoms with E-state index in [0.717, 1.165) is 17.7 Å². The van der Waals surface area contributed by atoms with E-state index in [1.807, 2.05) is 6.07 Å². The second kappa shape index (κ2) is 6.61. The molecule has 0 amide bonds. The Morgan fingerprint density at radius 1 is 1.00 bits per heavy atom. The van der Waals surface area contributed by atoms with Gasteiger partial charge in [0.15, 0.2) is 0 Å². The number of hydrogen-bond donors (Lipinski definition) is 2. The lowest BCUT2D eigenvalue weighted by atomic mass is 9.89. The van der Waals surface area contributed by atoms with Gasteiger partial charge >= 0.3 is 0 Å². The molecule has 0 aliphatic rings. The highest BCUT2D eigenvalue weighted by Gasteiger charge is 2.17. The summed E-state index contributed by atoms with van der Waals surface area (Å²) in [6, 6.07) is 21.2. The van der Waals surface area contributed by atoms with E-state index in [0.29, 0.717) is 6.54 Å². The summed E-state index contributed by atoms with van der Waals surface area (Å²) in [7, 11) is 1.70. The zero-order chi connectivity index (χ0) is 17.2. The number of fused-ring (bicyclic) bond motifs is 2. The van der Waals surface area contributed by atoms with Crippen LogP contribution in [0.4, 0.5) is 0 Å². The Hall–Kier alpha value is -2.78. The van der Waals surface area contributed by atoms with Crippen LogP contribution in [0.15, 0.2) is 66.9 Å². The van der Waals surface area contributed by atoms with E-state index in [1.54, 1.807) is 7.11 Å². The summed E-state index contributed by atoms with van der Waals surface area (Å²) in [6.45, 7) is 0.605. The van der Waals surface area contributed by atoms with Crippen molar-refractivity contribution in [1.82, 2.24) is 4.98 Å². The molecule has 1 unspecified atom stereocenters. The third kappa shape index (κ3) is 2.87. The summed E-state index contributed by atoms with van der Waals surface area (Å²) in [6.07, 6.45) is 3.01. The van der Waals surface area contributed by atoms with Crippen LogP contribution in [0, 0.1) is 0 Å². The van der Waals surface area contributed by atoms with Crippen LogP contribution >= 0.6 is 0 Å². The summed E-state index contributed by atoms with van der Waals surface area (Å²) < 4.78 is 5.39. The first-order valence-electron chi connectivity index (χ1n) is 8.62. The Balaban J connectivity index is 1.75. The second-order valence-corrected chi connectivity index (χ2v) is 6.43. The molecular formula is C22H22N2O. The molecule has 0 aliphatic carbocycles. The number of benzene rings is 3. The average molecular weight is 330 g/mol. The number of aromatic amines is 1. The molecule has 4 aromatic rings. The fraction of sp³-hybridized carbons (Fsp3) is 0.182. The van der Waals surface area contributed by atoms with Gasteiger partial charge in [0.1, 0.15) is 5.75 Å². The van der Waals surface area contributed by atoms with Crippen LogP contribution in [0.5, 0.6) is 5.75 Å². The minimum absolute atomic E-state index is 0.256. The van der Waals surface area contributed by atoms with Gasteiger partial charge in [-0.25, -0.2) is 0 Å². The smallest absolute Gasteiger partial charge is 0.119 e. The monoisotopic (exact) mass is 330 g/mol. The number of H-pyrrole nitrogens is 1. The summed E-state index contributed by atoms with van der Waals surface area (Å²) in [5.74, 6) is 1.13. The lowest BCUT2D eigenvalue weighted by Gasteiger charge is -2.16. The molecule has 0 spiro atoms. The van der Waals surface area contributed by atoms with Crippen molar-refractivity contribution in [2.75, 3.05) is 13.7 Å². The van der Waals surface area contributed by atoms with Crippen molar-refractivity contribution in [3.8, 4) is 5.75 Å². The Kier molecular flexibility index (Phi) is 4.16. The molecule has 1 heterocycles. The molecule has 0 aliphatic heterocycles. The number of nitrogens with two attached hydrogens (primary N) is 1. The zero-order valence-electron chi connectivity index (χ0n) is 14.3. The molecule has 1 atom stereocenters. The van der Waals surface area contributed by atoms with Gasteiger partial charge in [0.25, 0.3) is 0 Å². The normalized spacial score (nSPS) is 12.6. The van der Waals surface area contributed by atoms with E-state index < -0.39 is 0 Å². The number of rotatable bonds is 5. The molecule has 0 saturated heterocycles. The molecule has 4 rings (SSSR count). The van der Waals surface area contributed by atoms with Crippen molar-refractivity contribution >= 4 is 21.7 Å². The van der Waals surface area contributed by atoms with Gasteiger partial charge < -0.3 is 15.5 Å². The second-order valence-electron chi connectivity index (χ2n) is 6.43. The number of hydrogen-bond acceptors (Lipinski definition) is 2. The van der Waals surface area contributed by atoms with Crippen molar-refractivity contribution < 1.29 is 4.74 Å². The highest BCUT2D eigenvalue weighted by Crippen LogP contribution is 2.32. The third-order valence-electron chi connectivity index (χ3n) is 4.99. The van der Waals surface area contributed by atoms with Gasteiger partial charge in [-0.2, -0.15) is 0 Å². The van der Waals surface area contributed by atoms with Crippen molar-refractivity contribution in [2.45, 2.75) is 12.3 Å². The summed E-state index contributed by atoms with van der Waals surface area (Å²) >= 11 is 0. The Labute approximate surface area is 147 Å². The molecule has 1 aromatic heterocycles. The van der Waals surface area contributed by atoms with Gasteiger partial charge in [0.05, 0.1) is 7.11 Å². The molecule has 0 radical (unpaired) electrons. The Bertz CT molecular complexity index is 1010. The van der Waals surface area contributed by atoms with Gasteiger partial charge in [0.2, 0.25) is 0 Å². The minimum atomic E-state index is 0.256. The number of aromatic nitrogens is 1. The first kappa shape index (κ1) is 15.7. The molecule has 3 nitrogen and oxygen atoms in total. The largest absolute Gasteiger partial charge is 0.497 e. The van der Waals surface area contributed by atoms with Gasteiger partial charge in [-0.1, -0.05) is 42.5 Å². The van der Waals surface area contributed by atoms with Gasteiger partial charge in [-0.3, -0.25) is 0 Å². The molecule has 126 valence electrons. The van der Waals surface area contributed by atoms with Crippen LogP contribution in [0.25, 0.3) is 21.7 Å². The van der Waals surface area contributed by atoms with Gasteiger partial charge in [0, 0.05) is 23.0 Å². The number of ether oxygens (including phenoxy) is 1. The van der Waals surface area contributed by atoms with Crippen LogP contribution in [0.3, 0.4) is 0 Å². The van der Waals surface area contributed by atoms with Crippen molar-refractivity contribution in [1.29, 1.82) is 0 Å². The Morgan fingerprint density at radius 3 is 2.68 bits per heavy atom. The standard InChI is InChI=1S/C22H22N2O/c1-25-18-9-10-22-20(12-18)21(14-24-22)17(13-23)11-16-7-4-6-15-5-2-3-8-19(15)16/h2-10,12,14,17,24H,11,13,23H2,1H3. The van der Waals surface area contributed by atoms with E-state index in [9.17, 15) is 0 Å². The maximum absolute atomic E-state index is 6.17. The van der Waals surface area contributed by atoms with E-state index in [4.69, 9.17) is 10.5 Å². The fourth-order valence-electron chi connectivity index (χ4n) is 3.64. The van der Waals surface area contributed by atoms with Gasteiger partial charge in [-0.05, 0) is 53.1 Å². The maximum atomic E-state index is 6.17. The molecular weight excluding hydrogens is 308 g/mol. The lowest BCUT2D eigenvalue weighted by molar-refractivity contribution is 0.415. The highest BCUT2D eigenvalue weighted by molar-refractivity contribution is 5.87. The van der Waals surface area contributed by atoms with Crippen LogP contribution < -0.4 is 10.5 Å². The topological polar surface area (TPSA) is 51.0 Å². The molecule has 3 N–H and O–H groups in total. The quantitative estimate of drug-likeness (QED) is 0.561. The first-order chi connectivity index (χ1) is 12.3. The van der Waals surface area contributed by atoms with E-state index in [2.05, 4.69) is 65.8 Å². The van der Waals surface area contributed by atoms with E-state index >= 15 is 0 Å². The minimum Gasteiger partial charge on any atom is -0.497 e. The molecule has 0 bridgehead atoms. The lowest BCUT2D eigenvalue weighted by Crippen LogP contribution is -2.15. The van der Waals surface area contributed by atoms with E-state index in [-0.39, 0.29) is 5.92 Å². The van der Waals surface area contributed by atoms with Crippen LogP contribution in [0.2, 0.25) is 0 Å². The Morgan fingerprint density at radius 2 is 1.84 bits per heavy atom. The first-order valence-corrected chi connectivity index (χ1v) is 8.62. The summed E-state index contributed by atoms with van der Waals surface area (Å²) in [4.78, 5) is 3.37. The molecule has 25 heavy (non-hydrogen) atoms. The van der Waals surface area contributed by atoms with Crippen molar-refractivity contribution in [2.24, 2.45) is 5.73 Å². The number of methoxy groups -OCH3 is 1. The maximum Gasteiger partial charge on any atom is 0.119 e. The molecule has 0 fully saturated rings. The predicted octanol–water partition coefficient (Wildman–Crippen LogP) is 4.61.